The molecular weight excluding hydrogens is 324 g/mol. The average molecular weight is 355 g/mol. The fourth-order valence-corrected chi connectivity index (χ4v) is 3.22. The van der Waals surface area contributed by atoms with Crippen molar-refractivity contribution in [1.82, 2.24) is 15.5 Å². The van der Waals surface area contributed by atoms with E-state index in [-0.39, 0.29) is 0 Å². The molecule has 6 nitrogen and oxygen atoms in total. The SMILES string of the molecule is CCNC(=NCc1ccc(S(C)(=O)=O)c(C)c1)NCCN(C)CC. The van der Waals surface area contributed by atoms with Gasteiger partial charge in [-0.15, -0.1) is 0 Å². The summed E-state index contributed by atoms with van der Waals surface area (Å²) in [6, 6.07) is 5.36. The monoisotopic (exact) mass is 354 g/mol. The molecule has 0 saturated heterocycles. The molecule has 136 valence electrons. The van der Waals surface area contributed by atoms with Crippen LogP contribution in [0.1, 0.15) is 25.0 Å². The summed E-state index contributed by atoms with van der Waals surface area (Å²) in [5.74, 6) is 0.770. The Hall–Kier alpha value is -1.60. The molecule has 0 atom stereocenters. The van der Waals surface area contributed by atoms with Gasteiger partial charge in [0.05, 0.1) is 11.4 Å². The molecule has 7 heteroatoms. The molecule has 0 aliphatic carbocycles. The number of aryl methyl sites for hydroxylation is 1. The van der Waals surface area contributed by atoms with E-state index in [0.29, 0.717) is 11.4 Å². The van der Waals surface area contributed by atoms with E-state index in [0.717, 1.165) is 43.3 Å². The van der Waals surface area contributed by atoms with Crippen molar-refractivity contribution in [2.75, 3.05) is 39.5 Å². The molecule has 0 saturated carbocycles. The maximum atomic E-state index is 11.7. The first-order valence-corrected chi connectivity index (χ1v) is 10.2. The molecule has 1 rings (SSSR count). The van der Waals surface area contributed by atoms with Crippen LogP contribution in [0, 0.1) is 6.92 Å². The van der Waals surface area contributed by atoms with E-state index >= 15 is 0 Å². The molecule has 0 bridgehead atoms. The van der Waals surface area contributed by atoms with E-state index < -0.39 is 9.84 Å². The minimum Gasteiger partial charge on any atom is -0.357 e. The third kappa shape index (κ3) is 6.88. The molecule has 0 aromatic heterocycles. The number of nitrogens with one attached hydrogen (secondary N) is 2. The maximum absolute atomic E-state index is 11.7. The highest BCUT2D eigenvalue weighted by atomic mass is 32.2. The fourth-order valence-electron chi connectivity index (χ4n) is 2.26. The van der Waals surface area contributed by atoms with Crippen molar-refractivity contribution in [1.29, 1.82) is 0 Å². The summed E-state index contributed by atoms with van der Waals surface area (Å²) >= 11 is 0. The van der Waals surface area contributed by atoms with Gasteiger partial charge in [0.1, 0.15) is 0 Å². The number of guanidine groups is 1. The number of hydrogen-bond acceptors (Lipinski definition) is 4. The molecule has 1 aromatic carbocycles. The molecule has 0 radical (unpaired) electrons. The molecule has 0 spiro atoms. The zero-order valence-corrected chi connectivity index (χ0v) is 16.2. The lowest BCUT2D eigenvalue weighted by atomic mass is 10.1. The van der Waals surface area contributed by atoms with Crippen molar-refractivity contribution in [2.45, 2.75) is 32.2 Å². The van der Waals surface area contributed by atoms with E-state index in [1.165, 1.54) is 6.26 Å². The third-order valence-corrected chi connectivity index (χ3v) is 4.99. The Balaban J connectivity index is 2.74. The molecule has 1 aromatic rings. The summed E-state index contributed by atoms with van der Waals surface area (Å²) in [7, 11) is -1.10. The van der Waals surface area contributed by atoms with Crippen molar-refractivity contribution in [2.24, 2.45) is 4.99 Å². The minimum absolute atomic E-state index is 0.378. The van der Waals surface area contributed by atoms with E-state index in [9.17, 15) is 8.42 Å². The van der Waals surface area contributed by atoms with Crippen LogP contribution in [0.25, 0.3) is 0 Å². The standard InChI is InChI=1S/C17H30N4O2S/c1-6-18-17(19-10-11-21(4)7-2)20-13-15-8-9-16(14(3)12-15)24(5,22)23/h8-9,12H,6-7,10-11,13H2,1-5H3,(H2,18,19,20). The fraction of sp³-hybridized carbons (Fsp3) is 0.588. The molecular formula is C17H30N4O2S. The highest BCUT2D eigenvalue weighted by Gasteiger charge is 2.10. The van der Waals surface area contributed by atoms with Gasteiger partial charge in [0.25, 0.3) is 0 Å². The van der Waals surface area contributed by atoms with Crippen LogP contribution < -0.4 is 10.6 Å². The second-order valence-corrected chi connectivity index (χ2v) is 7.87. The summed E-state index contributed by atoms with van der Waals surface area (Å²) in [5, 5.41) is 6.53. The van der Waals surface area contributed by atoms with E-state index in [1.54, 1.807) is 6.07 Å². The predicted octanol–water partition coefficient (Wildman–Crippen LogP) is 1.41. The Morgan fingerprint density at radius 1 is 1.25 bits per heavy atom. The summed E-state index contributed by atoms with van der Waals surface area (Å²) in [5.41, 5.74) is 1.75. The molecule has 0 heterocycles. The lowest BCUT2D eigenvalue weighted by Crippen LogP contribution is -2.40. The Kier molecular flexibility index (Phi) is 8.21. The lowest BCUT2D eigenvalue weighted by molar-refractivity contribution is 0.357. The molecule has 24 heavy (non-hydrogen) atoms. The van der Waals surface area contributed by atoms with Gasteiger partial charge in [0.2, 0.25) is 0 Å². The number of likely N-dealkylation sites (N-methyl/N-ethyl adjacent to an activating group) is 1. The lowest BCUT2D eigenvalue weighted by Gasteiger charge is -2.16. The van der Waals surface area contributed by atoms with Crippen molar-refractivity contribution in [3.05, 3.63) is 29.3 Å². The van der Waals surface area contributed by atoms with Gasteiger partial charge in [-0.3, -0.25) is 0 Å². The van der Waals surface area contributed by atoms with Crippen molar-refractivity contribution in [3.8, 4) is 0 Å². The van der Waals surface area contributed by atoms with Crippen molar-refractivity contribution in [3.63, 3.8) is 0 Å². The van der Waals surface area contributed by atoms with Gasteiger partial charge in [0.15, 0.2) is 15.8 Å². The quantitative estimate of drug-likeness (QED) is 0.545. The molecule has 0 aliphatic rings. The summed E-state index contributed by atoms with van der Waals surface area (Å²) in [4.78, 5) is 7.17. The number of nitrogens with zero attached hydrogens (tertiary/aromatic N) is 2. The van der Waals surface area contributed by atoms with Crippen LogP contribution in [-0.2, 0) is 16.4 Å². The number of benzene rings is 1. The Morgan fingerprint density at radius 3 is 2.50 bits per heavy atom. The number of rotatable bonds is 8. The smallest absolute Gasteiger partial charge is 0.191 e. The zero-order valence-electron chi connectivity index (χ0n) is 15.4. The molecule has 0 fully saturated rings. The number of aliphatic imine (C=N–C) groups is 1. The van der Waals surface area contributed by atoms with Crippen molar-refractivity contribution < 1.29 is 8.42 Å². The van der Waals surface area contributed by atoms with Gasteiger partial charge in [-0.25, -0.2) is 13.4 Å². The maximum Gasteiger partial charge on any atom is 0.191 e. The highest BCUT2D eigenvalue weighted by molar-refractivity contribution is 7.90. The van der Waals surface area contributed by atoms with Crippen LogP contribution in [0.4, 0.5) is 0 Å². The second kappa shape index (κ2) is 9.64. The van der Waals surface area contributed by atoms with Crippen LogP contribution in [-0.4, -0.2) is 58.8 Å². The summed E-state index contributed by atoms with van der Waals surface area (Å²) < 4.78 is 23.3. The van der Waals surface area contributed by atoms with Gasteiger partial charge in [-0.2, -0.15) is 0 Å². The first-order valence-electron chi connectivity index (χ1n) is 8.28. The highest BCUT2D eigenvalue weighted by Crippen LogP contribution is 2.17. The van der Waals surface area contributed by atoms with Gasteiger partial charge >= 0.3 is 0 Å². The van der Waals surface area contributed by atoms with Crippen LogP contribution in [0.3, 0.4) is 0 Å². The normalized spacial score (nSPS) is 12.5. The average Bonchev–Trinajstić information content (AvgIpc) is 2.51. The van der Waals surface area contributed by atoms with E-state index in [4.69, 9.17) is 0 Å². The first-order chi connectivity index (χ1) is 11.3. The largest absolute Gasteiger partial charge is 0.357 e. The summed E-state index contributed by atoms with van der Waals surface area (Å²) in [6.45, 7) is 10.0. The summed E-state index contributed by atoms with van der Waals surface area (Å²) in [6.07, 6.45) is 1.23. The van der Waals surface area contributed by atoms with Gasteiger partial charge in [-0.05, 0) is 44.6 Å². The van der Waals surface area contributed by atoms with Crippen molar-refractivity contribution >= 4 is 15.8 Å². The first kappa shape index (κ1) is 20.4. The third-order valence-electron chi connectivity index (χ3n) is 3.73. The van der Waals surface area contributed by atoms with Gasteiger partial charge in [0, 0.05) is 25.9 Å². The van der Waals surface area contributed by atoms with Crippen LogP contribution >= 0.6 is 0 Å². The van der Waals surface area contributed by atoms with Gasteiger partial charge < -0.3 is 15.5 Å². The molecule has 2 N–H and O–H groups in total. The minimum atomic E-state index is -3.18. The van der Waals surface area contributed by atoms with Crippen LogP contribution in [0.2, 0.25) is 0 Å². The second-order valence-electron chi connectivity index (χ2n) is 5.89. The topological polar surface area (TPSA) is 73.8 Å². The Morgan fingerprint density at radius 2 is 1.96 bits per heavy atom. The van der Waals surface area contributed by atoms with Crippen LogP contribution in [0.15, 0.2) is 28.1 Å². The Bertz CT molecular complexity index is 657. The molecule has 0 amide bonds. The van der Waals surface area contributed by atoms with E-state index in [2.05, 4.69) is 34.5 Å². The number of hydrogen-bond donors (Lipinski definition) is 2. The zero-order chi connectivity index (χ0) is 18.2. The van der Waals surface area contributed by atoms with E-state index in [1.807, 2.05) is 26.0 Å². The number of sulfone groups is 1. The predicted molar refractivity (Wildman–Crippen MR) is 100 cm³/mol. The van der Waals surface area contributed by atoms with Crippen LogP contribution in [0.5, 0.6) is 0 Å². The van der Waals surface area contributed by atoms with Gasteiger partial charge in [-0.1, -0.05) is 19.1 Å². The molecule has 0 aliphatic heterocycles. The molecule has 0 unspecified atom stereocenters. The Labute approximate surface area is 146 Å².